The van der Waals surface area contributed by atoms with E-state index in [0.29, 0.717) is 18.7 Å². The summed E-state index contributed by atoms with van der Waals surface area (Å²) in [5.74, 6) is -2.91. The van der Waals surface area contributed by atoms with Crippen LogP contribution in [-0.4, -0.2) is 70.7 Å². The van der Waals surface area contributed by atoms with E-state index in [1.165, 1.54) is 34.1 Å². The van der Waals surface area contributed by atoms with Gasteiger partial charge in [-0.15, -0.1) is 0 Å². The number of nitrogens with one attached hydrogen (secondary N) is 2. The Bertz CT molecular complexity index is 1160. The fraction of sp³-hybridized carbons (Fsp3) is 0.448. The van der Waals surface area contributed by atoms with Crippen LogP contribution in [0.1, 0.15) is 39.7 Å². The van der Waals surface area contributed by atoms with Crippen molar-refractivity contribution in [3.8, 4) is 0 Å². The quantitative estimate of drug-likeness (QED) is 0.378. The molecule has 4 atom stereocenters. The summed E-state index contributed by atoms with van der Waals surface area (Å²) in [6, 6.07) is 12.9. The van der Waals surface area contributed by atoms with Gasteiger partial charge in [-0.1, -0.05) is 37.3 Å². The number of rotatable bonds is 11. The maximum Gasteiger partial charge on any atom is 0.312 e. The minimum absolute atomic E-state index is 0.108. The summed E-state index contributed by atoms with van der Waals surface area (Å²) < 4.78 is 13.2. The van der Waals surface area contributed by atoms with Crippen molar-refractivity contribution in [2.45, 2.75) is 64.7 Å². The van der Waals surface area contributed by atoms with Gasteiger partial charge in [-0.25, -0.2) is 4.39 Å². The Labute approximate surface area is 228 Å². The maximum atomic E-state index is 13.3. The summed E-state index contributed by atoms with van der Waals surface area (Å²) in [6.45, 7) is 7.62. The van der Waals surface area contributed by atoms with Crippen LogP contribution in [0.25, 0.3) is 0 Å². The van der Waals surface area contributed by atoms with Crippen LogP contribution < -0.4 is 16.4 Å². The third-order valence-corrected chi connectivity index (χ3v) is 7.08. The van der Waals surface area contributed by atoms with Crippen molar-refractivity contribution < 1.29 is 23.6 Å². The van der Waals surface area contributed by atoms with Crippen molar-refractivity contribution in [2.75, 3.05) is 18.4 Å². The van der Waals surface area contributed by atoms with E-state index in [1.54, 1.807) is 13.8 Å². The highest BCUT2D eigenvalue weighted by Crippen LogP contribution is 2.17. The molecule has 0 unspecified atom stereocenters. The summed E-state index contributed by atoms with van der Waals surface area (Å²) in [6.07, 6.45) is 0.685. The highest BCUT2D eigenvalue weighted by molar-refractivity contribution is 6.35. The second kappa shape index (κ2) is 13.3. The number of carbonyl (C=O) groups excluding carboxylic acids is 4. The molecule has 0 spiro atoms. The van der Waals surface area contributed by atoms with Gasteiger partial charge in [0, 0.05) is 42.8 Å². The second-order valence-corrected chi connectivity index (χ2v) is 10.4. The zero-order chi connectivity index (χ0) is 28.7. The third kappa shape index (κ3) is 7.86. The first-order valence-electron chi connectivity index (χ1n) is 13.3. The lowest BCUT2D eigenvalue weighted by Gasteiger charge is -2.39. The van der Waals surface area contributed by atoms with E-state index in [2.05, 4.69) is 10.6 Å². The van der Waals surface area contributed by atoms with E-state index >= 15 is 0 Å². The second-order valence-electron chi connectivity index (χ2n) is 10.4. The number of halogens is 1. The van der Waals surface area contributed by atoms with Gasteiger partial charge in [-0.05, 0) is 63.4 Å². The summed E-state index contributed by atoms with van der Waals surface area (Å²) in [4.78, 5) is 54.1. The Hall–Kier alpha value is -3.79. The molecule has 10 heteroatoms. The number of anilines is 1. The topological polar surface area (TPSA) is 125 Å². The summed E-state index contributed by atoms with van der Waals surface area (Å²) in [7, 11) is 0. The number of carbonyl (C=O) groups is 4. The lowest BCUT2D eigenvalue weighted by atomic mass is 9.92. The molecule has 0 bridgehead atoms. The predicted octanol–water partition coefficient (Wildman–Crippen LogP) is 2.31. The van der Waals surface area contributed by atoms with Gasteiger partial charge in [-0.2, -0.15) is 0 Å². The molecule has 39 heavy (non-hydrogen) atoms. The van der Waals surface area contributed by atoms with E-state index in [9.17, 15) is 23.6 Å². The minimum Gasteiger partial charge on any atom is -0.350 e. The van der Waals surface area contributed by atoms with E-state index < -0.39 is 47.6 Å². The Morgan fingerprint density at radius 1 is 0.897 bits per heavy atom. The Kier molecular flexibility index (Phi) is 10.2. The van der Waals surface area contributed by atoms with Crippen molar-refractivity contribution in [2.24, 2.45) is 11.7 Å². The zero-order valence-electron chi connectivity index (χ0n) is 22.9. The van der Waals surface area contributed by atoms with Gasteiger partial charge >= 0.3 is 11.8 Å². The molecule has 4 amide bonds. The van der Waals surface area contributed by atoms with E-state index in [1.807, 2.05) is 44.2 Å². The largest absolute Gasteiger partial charge is 0.350 e. The highest BCUT2D eigenvalue weighted by atomic mass is 19.1. The monoisotopic (exact) mass is 539 g/mol. The lowest BCUT2D eigenvalue weighted by molar-refractivity contribution is -0.160. The molecule has 1 fully saturated rings. The molecule has 1 aliphatic heterocycles. The molecule has 0 aromatic heterocycles. The van der Waals surface area contributed by atoms with Crippen LogP contribution in [0.2, 0.25) is 0 Å². The average Bonchev–Trinajstić information content (AvgIpc) is 2.90. The molecule has 1 aliphatic rings. The van der Waals surface area contributed by atoms with E-state index in [4.69, 9.17) is 5.73 Å². The molecule has 3 rings (SSSR count). The van der Waals surface area contributed by atoms with Crippen LogP contribution in [0, 0.1) is 11.7 Å². The molecule has 0 saturated carbocycles. The van der Waals surface area contributed by atoms with Crippen molar-refractivity contribution in [1.82, 2.24) is 15.1 Å². The first-order chi connectivity index (χ1) is 18.5. The van der Waals surface area contributed by atoms with Gasteiger partial charge < -0.3 is 26.2 Å². The molecule has 9 nitrogen and oxygen atoms in total. The van der Waals surface area contributed by atoms with Crippen LogP contribution in [0.4, 0.5) is 10.1 Å². The van der Waals surface area contributed by atoms with E-state index in [0.717, 1.165) is 5.56 Å². The van der Waals surface area contributed by atoms with Gasteiger partial charge in [0.1, 0.15) is 11.9 Å². The molecular formula is C29H38FN5O4. The van der Waals surface area contributed by atoms with Crippen LogP contribution in [0.15, 0.2) is 54.6 Å². The number of hydrogen-bond acceptors (Lipinski definition) is 5. The molecule has 210 valence electrons. The minimum atomic E-state index is -0.875. The fourth-order valence-electron chi connectivity index (χ4n) is 4.63. The standard InChI is InChI=1S/C29H38FN5O4/c1-18(2)34-14-15-35(29(39)28(34)38)20(4)27(37)33-25(17-21-8-6-5-7-9-21)24(31)16-19(3)26(36)32-23-12-10-22(30)11-13-23/h5-13,18-20,24-25H,14-17,31H2,1-4H3,(H,32,36)(H,33,37)/t19-,20-,24+,25+/m1/s1. The van der Waals surface area contributed by atoms with Crippen LogP contribution in [0.3, 0.4) is 0 Å². The first-order valence-corrected chi connectivity index (χ1v) is 13.3. The number of nitrogens with zero attached hydrogens (tertiary/aromatic N) is 2. The van der Waals surface area contributed by atoms with Gasteiger partial charge in [0.25, 0.3) is 0 Å². The van der Waals surface area contributed by atoms with Crippen molar-refractivity contribution in [3.63, 3.8) is 0 Å². The Morgan fingerprint density at radius 3 is 2.10 bits per heavy atom. The molecule has 0 radical (unpaired) electrons. The zero-order valence-corrected chi connectivity index (χ0v) is 22.9. The smallest absolute Gasteiger partial charge is 0.312 e. The summed E-state index contributed by atoms with van der Waals surface area (Å²) in [5.41, 5.74) is 7.98. The molecule has 2 aromatic rings. The Balaban J connectivity index is 1.69. The normalized spacial score (nSPS) is 17.0. The number of hydrogen-bond donors (Lipinski definition) is 3. The summed E-state index contributed by atoms with van der Waals surface area (Å²) >= 11 is 0. The van der Waals surface area contributed by atoms with Crippen LogP contribution in [-0.2, 0) is 25.6 Å². The molecule has 1 saturated heterocycles. The molecule has 1 heterocycles. The van der Waals surface area contributed by atoms with Gasteiger partial charge in [0.05, 0.1) is 0 Å². The number of piperazine rings is 1. The van der Waals surface area contributed by atoms with Crippen molar-refractivity contribution >= 4 is 29.3 Å². The van der Waals surface area contributed by atoms with Gasteiger partial charge in [0.2, 0.25) is 11.8 Å². The fourth-order valence-corrected chi connectivity index (χ4v) is 4.63. The van der Waals surface area contributed by atoms with Crippen molar-refractivity contribution in [1.29, 1.82) is 0 Å². The number of benzene rings is 2. The van der Waals surface area contributed by atoms with Gasteiger partial charge in [-0.3, -0.25) is 19.2 Å². The van der Waals surface area contributed by atoms with Crippen molar-refractivity contribution in [3.05, 3.63) is 66.0 Å². The molecule has 0 aliphatic carbocycles. The lowest BCUT2D eigenvalue weighted by Crippen LogP contribution is -2.62. The Morgan fingerprint density at radius 2 is 1.49 bits per heavy atom. The first kappa shape index (κ1) is 29.8. The van der Waals surface area contributed by atoms with E-state index in [-0.39, 0.29) is 24.9 Å². The average molecular weight is 540 g/mol. The molecule has 2 aromatic carbocycles. The number of nitrogens with two attached hydrogens (primary N) is 1. The highest BCUT2D eigenvalue weighted by Gasteiger charge is 2.38. The van der Waals surface area contributed by atoms with Gasteiger partial charge in [0.15, 0.2) is 0 Å². The molecular weight excluding hydrogens is 501 g/mol. The third-order valence-electron chi connectivity index (χ3n) is 7.08. The molecule has 4 N–H and O–H groups in total. The SMILES string of the molecule is CC(C)N1CCN([C@H](C)C(=O)N[C@@H](Cc2ccccc2)[C@@H](N)C[C@@H](C)C(=O)Nc2ccc(F)cc2)C(=O)C1=O. The summed E-state index contributed by atoms with van der Waals surface area (Å²) in [5, 5.41) is 5.73. The predicted molar refractivity (Wildman–Crippen MR) is 147 cm³/mol. The van der Waals surface area contributed by atoms with Crippen LogP contribution >= 0.6 is 0 Å². The number of amides is 4. The maximum absolute atomic E-state index is 13.3. The van der Waals surface area contributed by atoms with Crippen LogP contribution in [0.5, 0.6) is 0 Å².